The number of amides is 1. The highest BCUT2D eigenvalue weighted by atomic mass is 16.1. The Labute approximate surface area is 197 Å². The average Bonchev–Trinajstić information content (AvgIpc) is 2.79. The number of piperazine rings is 1. The summed E-state index contributed by atoms with van der Waals surface area (Å²) in [6.45, 7) is 15.4. The van der Waals surface area contributed by atoms with Gasteiger partial charge in [0.15, 0.2) is 0 Å². The van der Waals surface area contributed by atoms with Gasteiger partial charge in [-0.2, -0.15) is 0 Å². The minimum atomic E-state index is -0.280. The van der Waals surface area contributed by atoms with Crippen LogP contribution in [0.5, 0.6) is 0 Å². The zero-order valence-electron chi connectivity index (χ0n) is 20.1. The summed E-state index contributed by atoms with van der Waals surface area (Å²) in [5, 5.41) is 6.24. The first-order chi connectivity index (χ1) is 15.8. The minimum Gasteiger partial charge on any atom is -0.397 e. The van der Waals surface area contributed by atoms with Gasteiger partial charge in [0.1, 0.15) is 5.69 Å². The number of carbonyl (C=O) groups excluding carboxylic acids is 1. The van der Waals surface area contributed by atoms with E-state index < -0.39 is 0 Å². The van der Waals surface area contributed by atoms with Gasteiger partial charge >= 0.3 is 0 Å². The third-order valence-electron chi connectivity index (χ3n) is 5.76. The van der Waals surface area contributed by atoms with Crippen molar-refractivity contribution in [2.75, 3.05) is 57.4 Å². The lowest BCUT2D eigenvalue weighted by Gasteiger charge is -2.35. The van der Waals surface area contributed by atoms with Gasteiger partial charge in [-0.05, 0) is 44.7 Å². The van der Waals surface area contributed by atoms with E-state index >= 15 is 0 Å². The predicted molar refractivity (Wildman–Crippen MR) is 135 cm³/mol. The number of hydrogen-bond donors (Lipinski definition) is 3. The number of benzene rings is 1. The normalized spacial score (nSPS) is 14.8. The van der Waals surface area contributed by atoms with Crippen LogP contribution in [-0.4, -0.2) is 77.9 Å². The maximum Gasteiger partial charge on any atom is 0.274 e. The summed E-state index contributed by atoms with van der Waals surface area (Å²) >= 11 is 0. The lowest BCUT2D eigenvalue weighted by molar-refractivity contribution is 0.102. The molecule has 8 heteroatoms. The van der Waals surface area contributed by atoms with Gasteiger partial charge in [-0.25, -0.2) is 0 Å². The predicted octanol–water partition coefficient (Wildman–Crippen LogP) is 2.43. The number of likely N-dealkylation sites (N-methyl/N-ethyl adjacent to an activating group) is 1. The first-order valence-electron chi connectivity index (χ1n) is 11.5. The Balaban J connectivity index is 1.61. The van der Waals surface area contributed by atoms with Crippen LogP contribution in [0.3, 0.4) is 0 Å². The summed E-state index contributed by atoms with van der Waals surface area (Å²) < 4.78 is 0. The van der Waals surface area contributed by atoms with Crippen LogP contribution < -0.4 is 16.4 Å². The molecule has 2 heterocycles. The SMILES string of the molecule is C=C(NC(C)C)N(CCN1CCN(C)CC1)Cc1ccc(C(=O)Nc2ccccc2N)nc1. The van der Waals surface area contributed by atoms with Crippen molar-refractivity contribution in [1.29, 1.82) is 0 Å². The molecule has 0 unspecified atom stereocenters. The van der Waals surface area contributed by atoms with Crippen molar-refractivity contribution in [3.63, 3.8) is 0 Å². The molecule has 178 valence electrons. The number of hydrogen-bond acceptors (Lipinski definition) is 7. The zero-order valence-corrected chi connectivity index (χ0v) is 20.1. The number of para-hydroxylation sites is 2. The van der Waals surface area contributed by atoms with Gasteiger partial charge in [-0.1, -0.05) is 24.8 Å². The average molecular weight is 452 g/mol. The molecular weight excluding hydrogens is 414 g/mol. The quantitative estimate of drug-likeness (QED) is 0.478. The molecule has 0 atom stereocenters. The van der Waals surface area contributed by atoms with Crippen LogP contribution in [-0.2, 0) is 6.54 Å². The van der Waals surface area contributed by atoms with Gasteiger partial charge in [0.05, 0.1) is 17.2 Å². The first-order valence-corrected chi connectivity index (χ1v) is 11.5. The van der Waals surface area contributed by atoms with Crippen molar-refractivity contribution in [2.45, 2.75) is 26.4 Å². The molecule has 1 aromatic carbocycles. The van der Waals surface area contributed by atoms with E-state index in [1.165, 1.54) is 0 Å². The van der Waals surface area contributed by atoms with Crippen molar-refractivity contribution in [2.24, 2.45) is 0 Å². The topological polar surface area (TPSA) is 89.8 Å². The van der Waals surface area contributed by atoms with E-state index in [2.05, 4.69) is 57.8 Å². The van der Waals surface area contributed by atoms with Crippen molar-refractivity contribution >= 4 is 17.3 Å². The second-order valence-electron chi connectivity index (χ2n) is 8.91. The Hall–Kier alpha value is -3.10. The van der Waals surface area contributed by atoms with Gasteiger partial charge in [0, 0.05) is 58.1 Å². The fourth-order valence-corrected chi connectivity index (χ4v) is 3.74. The fourth-order valence-electron chi connectivity index (χ4n) is 3.74. The number of nitrogens with one attached hydrogen (secondary N) is 2. The van der Waals surface area contributed by atoms with Crippen molar-refractivity contribution < 1.29 is 4.79 Å². The third kappa shape index (κ3) is 7.47. The number of anilines is 2. The van der Waals surface area contributed by atoms with Gasteiger partial charge < -0.3 is 26.2 Å². The molecule has 3 rings (SSSR count). The molecule has 1 saturated heterocycles. The number of aromatic nitrogens is 1. The molecule has 0 saturated carbocycles. The summed E-state index contributed by atoms with van der Waals surface area (Å²) in [6, 6.07) is 11.2. The molecule has 1 aliphatic rings. The van der Waals surface area contributed by atoms with Crippen LogP contribution in [0.4, 0.5) is 11.4 Å². The van der Waals surface area contributed by atoms with Crippen LogP contribution in [0.25, 0.3) is 0 Å². The molecule has 0 bridgehead atoms. The highest BCUT2D eigenvalue weighted by Crippen LogP contribution is 2.18. The van der Waals surface area contributed by atoms with Gasteiger partial charge in [0.2, 0.25) is 0 Å². The van der Waals surface area contributed by atoms with Crippen LogP contribution in [0.1, 0.15) is 29.9 Å². The number of nitrogens with two attached hydrogens (primary N) is 1. The van der Waals surface area contributed by atoms with Crippen molar-refractivity contribution in [3.8, 4) is 0 Å². The minimum absolute atomic E-state index is 0.280. The molecule has 8 nitrogen and oxygen atoms in total. The largest absolute Gasteiger partial charge is 0.397 e. The molecule has 1 fully saturated rings. The van der Waals surface area contributed by atoms with Crippen LogP contribution >= 0.6 is 0 Å². The highest BCUT2D eigenvalue weighted by Gasteiger charge is 2.17. The van der Waals surface area contributed by atoms with Gasteiger partial charge in [-0.15, -0.1) is 0 Å². The maximum atomic E-state index is 12.6. The summed E-state index contributed by atoms with van der Waals surface area (Å²) in [7, 11) is 2.17. The molecule has 1 amide bonds. The zero-order chi connectivity index (χ0) is 23.8. The number of pyridine rings is 1. The third-order valence-corrected chi connectivity index (χ3v) is 5.76. The molecule has 1 aliphatic heterocycles. The monoisotopic (exact) mass is 451 g/mol. The number of nitrogens with zero attached hydrogens (tertiary/aromatic N) is 4. The Kier molecular flexibility index (Phi) is 8.68. The van der Waals surface area contributed by atoms with E-state index in [1.807, 2.05) is 18.2 Å². The first kappa shape index (κ1) is 24.5. The Morgan fingerprint density at radius 1 is 1.18 bits per heavy atom. The maximum absolute atomic E-state index is 12.6. The van der Waals surface area contributed by atoms with Crippen LogP contribution in [0, 0.1) is 0 Å². The van der Waals surface area contributed by atoms with Gasteiger partial charge in [0.25, 0.3) is 5.91 Å². The number of nitrogen functional groups attached to an aromatic ring is 1. The Bertz CT molecular complexity index is 921. The lowest BCUT2D eigenvalue weighted by atomic mass is 10.2. The molecule has 2 aromatic rings. The second-order valence-corrected chi connectivity index (χ2v) is 8.91. The van der Waals surface area contributed by atoms with Crippen LogP contribution in [0.2, 0.25) is 0 Å². The highest BCUT2D eigenvalue weighted by molar-refractivity contribution is 6.04. The molecule has 0 radical (unpaired) electrons. The molecule has 33 heavy (non-hydrogen) atoms. The summed E-state index contributed by atoms with van der Waals surface area (Å²) in [5.74, 6) is 0.623. The number of rotatable bonds is 10. The summed E-state index contributed by atoms with van der Waals surface area (Å²) in [6.07, 6.45) is 1.76. The fraction of sp³-hybridized carbons (Fsp3) is 0.440. The van der Waals surface area contributed by atoms with Crippen LogP contribution in [0.15, 0.2) is 55.0 Å². The van der Waals surface area contributed by atoms with E-state index in [9.17, 15) is 4.79 Å². The van der Waals surface area contributed by atoms with Gasteiger partial charge in [-0.3, -0.25) is 14.7 Å². The van der Waals surface area contributed by atoms with E-state index in [0.717, 1.165) is 50.7 Å². The molecular formula is C25H37N7O. The van der Waals surface area contributed by atoms with Crippen molar-refractivity contribution in [3.05, 3.63) is 66.3 Å². The number of carbonyl (C=O) groups is 1. The smallest absolute Gasteiger partial charge is 0.274 e. The summed E-state index contributed by atoms with van der Waals surface area (Å²) in [4.78, 5) is 24.1. The van der Waals surface area contributed by atoms with E-state index in [0.29, 0.717) is 29.7 Å². The summed E-state index contributed by atoms with van der Waals surface area (Å²) in [5.41, 5.74) is 8.40. The second kappa shape index (κ2) is 11.7. The molecule has 4 N–H and O–H groups in total. The Morgan fingerprint density at radius 2 is 1.91 bits per heavy atom. The van der Waals surface area contributed by atoms with Crippen molar-refractivity contribution in [1.82, 2.24) is 25.0 Å². The molecule has 1 aromatic heterocycles. The molecule has 0 aliphatic carbocycles. The molecule has 0 spiro atoms. The Morgan fingerprint density at radius 3 is 2.55 bits per heavy atom. The van der Waals surface area contributed by atoms with E-state index in [-0.39, 0.29) is 5.91 Å². The van der Waals surface area contributed by atoms with E-state index in [4.69, 9.17) is 5.73 Å². The standard InChI is InChI=1S/C25H37N7O/c1-19(2)28-20(3)32(16-15-31-13-11-30(4)12-14-31)18-21-9-10-24(27-17-21)25(33)29-23-8-6-5-7-22(23)26/h5-10,17,19,28H,3,11-16,18,26H2,1-2,4H3,(H,29,33). The lowest BCUT2D eigenvalue weighted by Crippen LogP contribution is -2.47. The van der Waals surface area contributed by atoms with E-state index in [1.54, 1.807) is 24.4 Å².